The minimum absolute atomic E-state index is 0.390. The monoisotopic (exact) mass is 195 g/mol. The molecule has 5 heteroatoms. The molecule has 1 aliphatic rings. The van der Waals surface area contributed by atoms with E-state index >= 15 is 0 Å². The van der Waals surface area contributed by atoms with E-state index in [9.17, 15) is 0 Å². The molecule has 1 saturated carbocycles. The number of nitrogen functional groups attached to an aromatic ring is 1. The van der Waals surface area contributed by atoms with Crippen molar-refractivity contribution in [2.75, 3.05) is 17.2 Å². The Hall–Kier alpha value is -1.26. The van der Waals surface area contributed by atoms with Gasteiger partial charge in [0, 0.05) is 12.6 Å². The third-order valence-corrected chi connectivity index (χ3v) is 2.52. The standard InChI is InChI=1S/C9H17N5/c1-6(2)14(5-7-3-4-7)9-11-8(10)12-13-9/h6-7H,3-5H2,1-2H3,(H3,10,11,12,13). The van der Waals surface area contributed by atoms with Crippen molar-refractivity contribution in [3.63, 3.8) is 0 Å². The average molecular weight is 195 g/mol. The van der Waals surface area contributed by atoms with Crippen LogP contribution in [0.3, 0.4) is 0 Å². The summed E-state index contributed by atoms with van der Waals surface area (Å²) in [5, 5.41) is 6.76. The molecule has 0 saturated heterocycles. The van der Waals surface area contributed by atoms with Crippen molar-refractivity contribution in [2.45, 2.75) is 32.7 Å². The topological polar surface area (TPSA) is 70.8 Å². The minimum Gasteiger partial charge on any atom is -0.368 e. The van der Waals surface area contributed by atoms with Gasteiger partial charge in [-0.3, -0.25) is 0 Å². The highest BCUT2D eigenvalue weighted by atomic mass is 15.4. The van der Waals surface area contributed by atoms with Crippen LogP contribution in [0.5, 0.6) is 0 Å². The van der Waals surface area contributed by atoms with E-state index in [-0.39, 0.29) is 0 Å². The van der Waals surface area contributed by atoms with Crippen molar-refractivity contribution >= 4 is 11.9 Å². The van der Waals surface area contributed by atoms with Gasteiger partial charge >= 0.3 is 0 Å². The lowest BCUT2D eigenvalue weighted by atomic mass is 10.3. The number of hydrogen-bond acceptors (Lipinski definition) is 4. The fraction of sp³-hybridized carbons (Fsp3) is 0.778. The van der Waals surface area contributed by atoms with Gasteiger partial charge in [-0.05, 0) is 32.6 Å². The van der Waals surface area contributed by atoms with Crippen molar-refractivity contribution < 1.29 is 0 Å². The molecule has 1 fully saturated rings. The van der Waals surface area contributed by atoms with Crippen molar-refractivity contribution in [1.29, 1.82) is 0 Å². The zero-order chi connectivity index (χ0) is 10.1. The van der Waals surface area contributed by atoms with E-state index in [1.165, 1.54) is 12.8 Å². The highest BCUT2D eigenvalue weighted by Crippen LogP contribution is 2.31. The Morgan fingerprint density at radius 3 is 2.71 bits per heavy atom. The van der Waals surface area contributed by atoms with Gasteiger partial charge in [-0.25, -0.2) is 5.10 Å². The molecule has 0 unspecified atom stereocenters. The predicted octanol–water partition coefficient (Wildman–Crippen LogP) is 1.01. The van der Waals surface area contributed by atoms with E-state index in [1.807, 2.05) is 0 Å². The molecule has 3 N–H and O–H groups in total. The number of nitrogens with zero attached hydrogens (tertiary/aromatic N) is 3. The van der Waals surface area contributed by atoms with E-state index in [4.69, 9.17) is 5.73 Å². The molecule has 0 atom stereocenters. The molecule has 0 aliphatic heterocycles. The van der Waals surface area contributed by atoms with Gasteiger partial charge in [0.25, 0.3) is 0 Å². The van der Waals surface area contributed by atoms with Gasteiger partial charge < -0.3 is 10.6 Å². The third kappa shape index (κ3) is 1.97. The number of nitrogens with two attached hydrogens (primary N) is 1. The van der Waals surface area contributed by atoms with Gasteiger partial charge in [-0.15, -0.1) is 5.10 Å². The van der Waals surface area contributed by atoms with Gasteiger partial charge in [-0.1, -0.05) is 0 Å². The van der Waals surface area contributed by atoms with E-state index in [0.717, 1.165) is 18.4 Å². The highest BCUT2D eigenvalue weighted by Gasteiger charge is 2.27. The first-order chi connectivity index (χ1) is 6.66. The van der Waals surface area contributed by atoms with Gasteiger partial charge in [0.05, 0.1) is 0 Å². The SMILES string of the molecule is CC(C)N(CC1CC1)c1n[nH]c(N)n1. The summed E-state index contributed by atoms with van der Waals surface area (Å²) in [4.78, 5) is 6.35. The van der Waals surface area contributed by atoms with Crippen LogP contribution in [0.15, 0.2) is 0 Å². The largest absolute Gasteiger partial charge is 0.368 e. The summed E-state index contributed by atoms with van der Waals surface area (Å²) >= 11 is 0. The molecule has 0 amide bonds. The number of rotatable bonds is 4. The predicted molar refractivity (Wildman–Crippen MR) is 56.0 cm³/mol. The fourth-order valence-electron chi connectivity index (χ4n) is 1.50. The first-order valence-corrected chi connectivity index (χ1v) is 5.11. The number of aromatic nitrogens is 3. The van der Waals surface area contributed by atoms with Crippen LogP contribution < -0.4 is 10.6 Å². The Kier molecular flexibility index (Phi) is 2.31. The van der Waals surface area contributed by atoms with E-state index in [1.54, 1.807) is 0 Å². The first kappa shape index (κ1) is 9.30. The van der Waals surface area contributed by atoms with Crippen LogP contribution in [-0.4, -0.2) is 27.8 Å². The van der Waals surface area contributed by atoms with Crippen LogP contribution in [0, 0.1) is 5.92 Å². The molecule has 2 rings (SSSR count). The Bertz CT molecular complexity index is 302. The van der Waals surface area contributed by atoms with E-state index < -0.39 is 0 Å². The second-order valence-electron chi connectivity index (χ2n) is 4.21. The smallest absolute Gasteiger partial charge is 0.246 e. The molecular formula is C9H17N5. The summed E-state index contributed by atoms with van der Waals surface area (Å²) in [5.41, 5.74) is 5.51. The molecule has 1 aromatic rings. The van der Waals surface area contributed by atoms with Gasteiger partial charge in [0.15, 0.2) is 0 Å². The molecule has 1 heterocycles. The van der Waals surface area contributed by atoms with Crippen molar-refractivity contribution in [2.24, 2.45) is 5.92 Å². The molecule has 5 nitrogen and oxygen atoms in total. The lowest BCUT2D eigenvalue weighted by Gasteiger charge is -2.24. The number of H-pyrrole nitrogens is 1. The number of hydrogen-bond donors (Lipinski definition) is 2. The molecule has 78 valence electrons. The molecule has 1 aliphatic carbocycles. The quantitative estimate of drug-likeness (QED) is 0.752. The number of anilines is 2. The fourth-order valence-corrected chi connectivity index (χ4v) is 1.50. The normalized spacial score (nSPS) is 16.2. The highest BCUT2D eigenvalue weighted by molar-refractivity contribution is 5.35. The second kappa shape index (κ2) is 3.48. The lowest BCUT2D eigenvalue weighted by molar-refractivity contribution is 0.628. The number of nitrogens with one attached hydrogen (secondary N) is 1. The molecule has 14 heavy (non-hydrogen) atoms. The molecule has 0 aromatic carbocycles. The van der Waals surface area contributed by atoms with Crippen LogP contribution in [0.4, 0.5) is 11.9 Å². The Labute approximate surface area is 83.7 Å². The summed E-state index contributed by atoms with van der Waals surface area (Å²) in [6.07, 6.45) is 2.67. The summed E-state index contributed by atoms with van der Waals surface area (Å²) < 4.78 is 0. The van der Waals surface area contributed by atoms with Crippen LogP contribution in [0.25, 0.3) is 0 Å². The lowest BCUT2D eigenvalue weighted by Crippen LogP contribution is -2.33. The summed E-state index contributed by atoms with van der Waals surface area (Å²) in [7, 11) is 0. The van der Waals surface area contributed by atoms with Gasteiger partial charge in [0.2, 0.25) is 11.9 Å². The second-order valence-corrected chi connectivity index (χ2v) is 4.21. The molecule has 0 radical (unpaired) electrons. The Morgan fingerprint density at radius 1 is 1.57 bits per heavy atom. The molecule has 0 bridgehead atoms. The zero-order valence-electron chi connectivity index (χ0n) is 8.70. The Balaban J connectivity index is 2.08. The maximum absolute atomic E-state index is 5.51. The van der Waals surface area contributed by atoms with Crippen molar-refractivity contribution in [3.05, 3.63) is 0 Å². The van der Waals surface area contributed by atoms with Crippen molar-refractivity contribution in [3.8, 4) is 0 Å². The summed E-state index contributed by atoms with van der Waals surface area (Å²) in [6, 6.07) is 0.422. The minimum atomic E-state index is 0.390. The number of aromatic amines is 1. The van der Waals surface area contributed by atoms with Crippen LogP contribution >= 0.6 is 0 Å². The van der Waals surface area contributed by atoms with Gasteiger partial charge in [0.1, 0.15) is 0 Å². The van der Waals surface area contributed by atoms with Gasteiger partial charge in [-0.2, -0.15) is 4.98 Å². The molecule has 1 aromatic heterocycles. The summed E-state index contributed by atoms with van der Waals surface area (Å²) in [5.74, 6) is 1.95. The summed E-state index contributed by atoms with van der Waals surface area (Å²) in [6.45, 7) is 5.35. The first-order valence-electron chi connectivity index (χ1n) is 5.11. The maximum atomic E-state index is 5.51. The Morgan fingerprint density at radius 2 is 2.29 bits per heavy atom. The van der Waals surface area contributed by atoms with Crippen LogP contribution in [0.2, 0.25) is 0 Å². The van der Waals surface area contributed by atoms with Crippen LogP contribution in [-0.2, 0) is 0 Å². The zero-order valence-corrected chi connectivity index (χ0v) is 8.70. The van der Waals surface area contributed by atoms with Crippen LogP contribution in [0.1, 0.15) is 26.7 Å². The molecule has 0 spiro atoms. The maximum Gasteiger partial charge on any atom is 0.246 e. The molecular weight excluding hydrogens is 178 g/mol. The van der Waals surface area contributed by atoms with E-state index in [2.05, 4.69) is 33.9 Å². The average Bonchev–Trinajstić information content (AvgIpc) is 2.84. The third-order valence-electron chi connectivity index (χ3n) is 2.52. The van der Waals surface area contributed by atoms with E-state index in [0.29, 0.717) is 12.0 Å². The van der Waals surface area contributed by atoms with Crippen molar-refractivity contribution in [1.82, 2.24) is 15.2 Å².